The molecule has 3 N–H and O–H groups in total. The van der Waals surface area contributed by atoms with Gasteiger partial charge in [-0.25, -0.2) is 0 Å². The maximum Gasteiger partial charge on any atom is 0.305 e. The summed E-state index contributed by atoms with van der Waals surface area (Å²) in [6.07, 6.45) is 102. The third-order valence-electron chi connectivity index (χ3n) is 19.5. The summed E-state index contributed by atoms with van der Waals surface area (Å²) in [5, 5.41) is 23.3. The van der Waals surface area contributed by atoms with E-state index in [4.69, 9.17) is 4.74 Å². The second-order valence-corrected chi connectivity index (χ2v) is 28.5. The molecule has 0 aromatic rings. The van der Waals surface area contributed by atoms with Gasteiger partial charge >= 0.3 is 5.97 Å². The van der Waals surface area contributed by atoms with Crippen LogP contribution < -0.4 is 5.32 Å². The van der Waals surface area contributed by atoms with Gasteiger partial charge in [-0.3, -0.25) is 9.59 Å². The zero-order valence-electron chi connectivity index (χ0n) is 60.7. The molecule has 0 aromatic heterocycles. The van der Waals surface area contributed by atoms with Crippen molar-refractivity contribution in [3.63, 3.8) is 0 Å². The Morgan fingerprint density at radius 2 is 0.528 bits per heavy atom. The van der Waals surface area contributed by atoms with Crippen molar-refractivity contribution in [3.05, 3.63) is 24.3 Å². The molecule has 0 fully saturated rings. The first-order chi connectivity index (χ1) is 44.0. The zero-order valence-corrected chi connectivity index (χ0v) is 60.7. The summed E-state index contributed by atoms with van der Waals surface area (Å²) >= 11 is 0. The second-order valence-electron chi connectivity index (χ2n) is 28.5. The summed E-state index contributed by atoms with van der Waals surface area (Å²) in [5.74, 6) is -0.0369. The molecule has 0 rings (SSSR count). The van der Waals surface area contributed by atoms with Crippen molar-refractivity contribution in [3.8, 4) is 0 Å². The molecule has 528 valence electrons. The Hall–Kier alpha value is -1.66. The number of amides is 1. The van der Waals surface area contributed by atoms with E-state index < -0.39 is 12.1 Å². The standard InChI is InChI=1S/C83H161NO5/c1-3-5-7-9-11-13-15-17-19-20-21-22-23-35-38-41-44-48-51-55-59-63-67-71-75-81(86)80(79-85)84-82(87)76-72-68-64-60-56-52-49-45-42-39-36-33-31-29-27-25-24-26-28-30-32-34-37-40-43-46-50-54-58-62-66-70-74-78-89-83(88)77-73-69-65-61-57-53-47-18-16-14-12-10-8-6-4-2/h28,30,71,75,80-81,85-86H,3-27,29,31-70,72-74,76-79H2,1-2H3,(H,84,87)/b30-28-,75-71+. The Kier molecular flexibility index (Phi) is 77.3. The van der Waals surface area contributed by atoms with Gasteiger partial charge in [-0.05, 0) is 57.8 Å². The number of aliphatic hydroxyl groups is 2. The van der Waals surface area contributed by atoms with Gasteiger partial charge in [0.1, 0.15) is 0 Å². The topological polar surface area (TPSA) is 95.9 Å². The van der Waals surface area contributed by atoms with E-state index in [1.165, 1.54) is 405 Å². The zero-order chi connectivity index (χ0) is 64.2. The molecular weight excluding hydrogens is 1090 g/mol. The molecule has 2 unspecified atom stereocenters. The molecule has 6 heteroatoms. The number of allylic oxidation sites excluding steroid dienone is 3. The number of hydrogen-bond acceptors (Lipinski definition) is 5. The molecule has 0 saturated heterocycles. The Labute approximate surface area is 558 Å². The predicted octanol–water partition coefficient (Wildman–Crippen LogP) is 27.2. The molecule has 0 aliphatic rings. The van der Waals surface area contributed by atoms with E-state index in [9.17, 15) is 19.8 Å². The third-order valence-corrected chi connectivity index (χ3v) is 19.5. The van der Waals surface area contributed by atoms with Gasteiger partial charge in [0.25, 0.3) is 0 Å². The van der Waals surface area contributed by atoms with Crippen LogP contribution in [-0.4, -0.2) is 47.4 Å². The van der Waals surface area contributed by atoms with Crippen LogP contribution in [0.1, 0.15) is 470 Å². The lowest BCUT2D eigenvalue weighted by Crippen LogP contribution is -2.45. The monoisotopic (exact) mass is 1250 g/mol. The molecule has 2 atom stereocenters. The number of ether oxygens (including phenoxy) is 1. The fourth-order valence-electron chi connectivity index (χ4n) is 13.2. The number of nitrogens with one attached hydrogen (secondary N) is 1. The van der Waals surface area contributed by atoms with Gasteiger partial charge < -0.3 is 20.3 Å². The highest BCUT2D eigenvalue weighted by molar-refractivity contribution is 5.76. The van der Waals surface area contributed by atoms with E-state index in [0.717, 1.165) is 38.5 Å². The Morgan fingerprint density at radius 3 is 0.798 bits per heavy atom. The molecule has 1 amide bonds. The highest BCUT2D eigenvalue weighted by Crippen LogP contribution is 2.20. The Bertz CT molecular complexity index is 1400. The van der Waals surface area contributed by atoms with Crippen molar-refractivity contribution in [1.82, 2.24) is 5.32 Å². The Balaban J connectivity index is 3.37. The van der Waals surface area contributed by atoms with Crippen LogP contribution in [0.3, 0.4) is 0 Å². The van der Waals surface area contributed by atoms with Crippen LogP contribution in [0, 0.1) is 0 Å². The van der Waals surface area contributed by atoms with Crippen molar-refractivity contribution >= 4 is 11.9 Å². The molecule has 0 radical (unpaired) electrons. The highest BCUT2D eigenvalue weighted by atomic mass is 16.5. The molecular formula is C83H161NO5. The summed E-state index contributed by atoms with van der Waals surface area (Å²) in [6, 6.07) is -0.627. The molecule has 0 spiro atoms. The predicted molar refractivity (Wildman–Crippen MR) is 393 cm³/mol. The number of carbonyl (C=O) groups excluding carboxylic acids is 2. The minimum Gasteiger partial charge on any atom is -0.466 e. The summed E-state index contributed by atoms with van der Waals surface area (Å²) < 4.78 is 5.51. The molecule has 6 nitrogen and oxygen atoms in total. The first-order valence-corrected chi connectivity index (χ1v) is 41.1. The SMILES string of the molecule is CCCCCCCCCCCCCCCCCCCCCCCC/C=C/C(O)C(CO)NC(=O)CCCCCCCCCCCCCCCCCCC/C=C\CCCCCCCCCCCCCCOC(=O)CCCCCCCCCCCCCCCCC. The molecule has 0 aromatic carbocycles. The summed E-state index contributed by atoms with van der Waals surface area (Å²) in [6.45, 7) is 4.96. The Morgan fingerprint density at radius 1 is 0.303 bits per heavy atom. The lowest BCUT2D eigenvalue weighted by atomic mass is 10.0. The molecule has 0 saturated carbocycles. The number of rotatable bonds is 78. The number of aliphatic hydroxyl groups excluding tert-OH is 2. The molecule has 0 aliphatic carbocycles. The van der Waals surface area contributed by atoms with Gasteiger partial charge in [-0.15, -0.1) is 0 Å². The van der Waals surface area contributed by atoms with Gasteiger partial charge in [0.05, 0.1) is 25.4 Å². The minimum absolute atomic E-state index is 0.0225. The summed E-state index contributed by atoms with van der Waals surface area (Å²) in [5.41, 5.74) is 0. The number of hydrogen-bond donors (Lipinski definition) is 3. The quantitative estimate of drug-likeness (QED) is 0.0320. The van der Waals surface area contributed by atoms with E-state index in [2.05, 4.69) is 31.3 Å². The lowest BCUT2D eigenvalue weighted by Gasteiger charge is -2.20. The first kappa shape index (κ1) is 87.3. The van der Waals surface area contributed by atoms with E-state index in [-0.39, 0.29) is 18.5 Å². The van der Waals surface area contributed by atoms with Crippen molar-refractivity contribution in [2.45, 2.75) is 482 Å². The van der Waals surface area contributed by atoms with Crippen LogP contribution in [-0.2, 0) is 14.3 Å². The average Bonchev–Trinajstić information content (AvgIpc) is 3.55. The summed E-state index contributed by atoms with van der Waals surface area (Å²) in [4.78, 5) is 24.7. The van der Waals surface area contributed by atoms with Crippen molar-refractivity contribution in [2.24, 2.45) is 0 Å². The number of carbonyl (C=O) groups is 2. The van der Waals surface area contributed by atoms with Gasteiger partial charge in [-0.1, -0.05) is 423 Å². The molecule has 0 bridgehead atoms. The van der Waals surface area contributed by atoms with E-state index in [1.54, 1.807) is 6.08 Å². The highest BCUT2D eigenvalue weighted by Gasteiger charge is 2.18. The fraction of sp³-hybridized carbons (Fsp3) is 0.928. The van der Waals surface area contributed by atoms with Gasteiger partial charge in [0.2, 0.25) is 5.91 Å². The van der Waals surface area contributed by atoms with E-state index >= 15 is 0 Å². The number of unbranched alkanes of at least 4 members (excludes halogenated alkanes) is 65. The minimum atomic E-state index is -0.844. The van der Waals surface area contributed by atoms with Crippen LogP contribution in [0.25, 0.3) is 0 Å². The van der Waals surface area contributed by atoms with E-state index in [1.807, 2.05) is 6.08 Å². The maximum absolute atomic E-state index is 12.6. The molecule has 89 heavy (non-hydrogen) atoms. The summed E-state index contributed by atoms with van der Waals surface area (Å²) in [7, 11) is 0. The third kappa shape index (κ3) is 75.3. The van der Waals surface area contributed by atoms with Crippen molar-refractivity contribution in [1.29, 1.82) is 0 Å². The smallest absolute Gasteiger partial charge is 0.305 e. The van der Waals surface area contributed by atoms with Crippen LogP contribution in [0.15, 0.2) is 24.3 Å². The largest absolute Gasteiger partial charge is 0.466 e. The normalized spacial score (nSPS) is 12.5. The molecule has 0 aliphatic heterocycles. The lowest BCUT2D eigenvalue weighted by molar-refractivity contribution is -0.143. The van der Waals surface area contributed by atoms with Gasteiger partial charge in [0.15, 0.2) is 0 Å². The van der Waals surface area contributed by atoms with Crippen molar-refractivity contribution in [2.75, 3.05) is 13.2 Å². The van der Waals surface area contributed by atoms with Gasteiger partial charge in [0, 0.05) is 12.8 Å². The maximum atomic E-state index is 12.6. The van der Waals surface area contributed by atoms with Crippen LogP contribution in [0.2, 0.25) is 0 Å². The fourth-order valence-corrected chi connectivity index (χ4v) is 13.2. The second kappa shape index (κ2) is 78.8. The van der Waals surface area contributed by atoms with E-state index in [0.29, 0.717) is 19.4 Å². The van der Waals surface area contributed by atoms with Crippen molar-refractivity contribution < 1.29 is 24.5 Å². The molecule has 0 heterocycles. The van der Waals surface area contributed by atoms with Crippen LogP contribution in [0.4, 0.5) is 0 Å². The van der Waals surface area contributed by atoms with Crippen LogP contribution >= 0.6 is 0 Å². The first-order valence-electron chi connectivity index (χ1n) is 41.1. The number of esters is 1. The van der Waals surface area contributed by atoms with Crippen LogP contribution in [0.5, 0.6) is 0 Å². The van der Waals surface area contributed by atoms with Gasteiger partial charge in [-0.2, -0.15) is 0 Å². The average molecular weight is 1250 g/mol.